The molecule has 1 aliphatic heterocycles. The molecule has 0 radical (unpaired) electrons. The molecule has 0 spiro atoms. The molecule has 1 aromatic rings. The molecule has 1 saturated heterocycles. The van der Waals surface area contributed by atoms with Crippen molar-refractivity contribution in [2.45, 2.75) is 51.9 Å². The number of hydrogen-bond donors (Lipinski definition) is 1. The number of hydrogen-bond acceptors (Lipinski definition) is 5. The van der Waals surface area contributed by atoms with Crippen LogP contribution in [0.3, 0.4) is 0 Å². The molecule has 112 valence electrons. The number of amides is 1. The van der Waals surface area contributed by atoms with E-state index in [1.54, 1.807) is 0 Å². The Morgan fingerprint density at radius 1 is 1.55 bits per heavy atom. The van der Waals surface area contributed by atoms with E-state index in [0.717, 1.165) is 17.8 Å². The molecule has 3 atom stereocenters. The Morgan fingerprint density at radius 2 is 2.20 bits per heavy atom. The lowest BCUT2D eigenvalue weighted by Gasteiger charge is -2.34. The second-order valence-electron chi connectivity index (χ2n) is 5.43. The van der Waals surface area contributed by atoms with E-state index < -0.39 is 0 Å². The second kappa shape index (κ2) is 6.65. The standard InChI is InChI=1S/C14H23N3O2S/c1-4-5-11(15)13-16-12(8-20-13)14(18)17-6-9(2)19-10(3)7-17/h8-11H,4-7,15H2,1-3H3. The smallest absolute Gasteiger partial charge is 0.273 e. The van der Waals surface area contributed by atoms with Crippen LogP contribution in [0.2, 0.25) is 0 Å². The van der Waals surface area contributed by atoms with Gasteiger partial charge in [0.2, 0.25) is 0 Å². The summed E-state index contributed by atoms with van der Waals surface area (Å²) in [5.74, 6) is -0.0156. The summed E-state index contributed by atoms with van der Waals surface area (Å²) < 4.78 is 5.65. The minimum absolute atomic E-state index is 0.0156. The third kappa shape index (κ3) is 3.56. The van der Waals surface area contributed by atoms with Crippen LogP contribution in [0.1, 0.15) is 55.2 Å². The van der Waals surface area contributed by atoms with Gasteiger partial charge in [-0.05, 0) is 20.3 Å². The van der Waals surface area contributed by atoms with Gasteiger partial charge in [0, 0.05) is 18.5 Å². The van der Waals surface area contributed by atoms with E-state index in [4.69, 9.17) is 10.5 Å². The fraction of sp³-hybridized carbons (Fsp3) is 0.714. The van der Waals surface area contributed by atoms with Gasteiger partial charge in [-0.2, -0.15) is 0 Å². The van der Waals surface area contributed by atoms with E-state index in [1.807, 2.05) is 24.1 Å². The molecule has 6 heteroatoms. The van der Waals surface area contributed by atoms with Gasteiger partial charge in [-0.25, -0.2) is 4.98 Å². The highest BCUT2D eigenvalue weighted by molar-refractivity contribution is 7.09. The number of morpholine rings is 1. The third-order valence-corrected chi connectivity index (χ3v) is 4.34. The maximum Gasteiger partial charge on any atom is 0.273 e. The van der Waals surface area contributed by atoms with E-state index in [2.05, 4.69) is 11.9 Å². The number of carbonyl (C=O) groups is 1. The highest BCUT2D eigenvalue weighted by atomic mass is 32.1. The van der Waals surface area contributed by atoms with Crippen molar-refractivity contribution in [1.82, 2.24) is 9.88 Å². The number of nitrogens with zero attached hydrogens (tertiary/aromatic N) is 2. The lowest BCUT2D eigenvalue weighted by atomic mass is 10.2. The van der Waals surface area contributed by atoms with E-state index in [9.17, 15) is 4.79 Å². The summed E-state index contributed by atoms with van der Waals surface area (Å²) in [5.41, 5.74) is 6.56. The molecule has 2 heterocycles. The molecule has 5 nitrogen and oxygen atoms in total. The molecule has 0 aromatic carbocycles. The van der Waals surface area contributed by atoms with Crippen LogP contribution in [0.25, 0.3) is 0 Å². The molecule has 2 rings (SSSR count). The molecule has 0 bridgehead atoms. The largest absolute Gasteiger partial charge is 0.372 e. The first-order chi connectivity index (χ1) is 9.51. The minimum atomic E-state index is -0.0610. The van der Waals surface area contributed by atoms with Gasteiger partial charge in [0.1, 0.15) is 10.7 Å². The van der Waals surface area contributed by atoms with Gasteiger partial charge in [-0.3, -0.25) is 4.79 Å². The zero-order valence-corrected chi connectivity index (χ0v) is 13.2. The van der Waals surface area contributed by atoms with E-state index in [-0.39, 0.29) is 24.2 Å². The van der Waals surface area contributed by atoms with Crippen molar-refractivity contribution in [2.24, 2.45) is 5.73 Å². The molecule has 3 unspecified atom stereocenters. The molecule has 0 aliphatic carbocycles. The Morgan fingerprint density at radius 3 is 2.80 bits per heavy atom. The van der Waals surface area contributed by atoms with Gasteiger partial charge in [-0.15, -0.1) is 11.3 Å². The normalized spacial score (nSPS) is 24.7. The predicted octanol–water partition coefficient (Wildman–Crippen LogP) is 2.19. The number of rotatable bonds is 4. The molecular weight excluding hydrogens is 274 g/mol. The van der Waals surface area contributed by atoms with Crippen LogP contribution in [0.5, 0.6) is 0 Å². The zero-order chi connectivity index (χ0) is 14.7. The number of nitrogens with two attached hydrogens (primary N) is 1. The minimum Gasteiger partial charge on any atom is -0.372 e. The number of thiazole rings is 1. The van der Waals surface area contributed by atoms with Crippen molar-refractivity contribution in [3.05, 3.63) is 16.1 Å². The molecule has 1 fully saturated rings. The number of aromatic nitrogens is 1. The van der Waals surface area contributed by atoms with Crippen molar-refractivity contribution in [3.8, 4) is 0 Å². The molecule has 0 saturated carbocycles. The van der Waals surface area contributed by atoms with Crippen molar-refractivity contribution in [1.29, 1.82) is 0 Å². The van der Waals surface area contributed by atoms with Gasteiger partial charge >= 0.3 is 0 Å². The van der Waals surface area contributed by atoms with Crippen LogP contribution >= 0.6 is 11.3 Å². The Kier molecular flexibility index (Phi) is 5.12. The monoisotopic (exact) mass is 297 g/mol. The summed E-state index contributed by atoms with van der Waals surface area (Å²) in [6.45, 7) is 7.31. The highest BCUT2D eigenvalue weighted by Crippen LogP contribution is 2.22. The summed E-state index contributed by atoms with van der Waals surface area (Å²) in [4.78, 5) is 18.7. The van der Waals surface area contributed by atoms with Crippen molar-refractivity contribution in [3.63, 3.8) is 0 Å². The van der Waals surface area contributed by atoms with Crippen LogP contribution in [0.4, 0.5) is 0 Å². The van der Waals surface area contributed by atoms with Crippen LogP contribution in [0.15, 0.2) is 5.38 Å². The fourth-order valence-corrected chi connectivity index (χ4v) is 3.33. The predicted molar refractivity (Wildman–Crippen MR) is 79.9 cm³/mol. The highest BCUT2D eigenvalue weighted by Gasteiger charge is 2.28. The van der Waals surface area contributed by atoms with Crippen LogP contribution in [-0.2, 0) is 4.74 Å². The fourth-order valence-electron chi connectivity index (χ4n) is 2.50. The Labute approximate surface area is 124 Å². The molecule has 1 aromatic heterocycles. The Balaban J connectivity index is 2.05. The van der Waals surface area contributed by atoms with Crippen LogP contribution in [0, 0.1) is 0 Å². The van der Waals surface area contributed by atoms with E-state index >= 15 is 0 Å². The summed E-state index contributed by atoms with van der Waals surface area (Å²) >= 11 is 1.48. The van der Waals surface area contributed by atoms with Gasteiger partial charge in [0.05, 0.1) is 18.2 Å². The van der Waals surface area contributed by atoms with E-state index in [1.165, 1.54) is 11.3 Å². The Hall–Kier alpha value is -0.980. The molecular formula is C14H23N3O2S. The SMILES string of the molecule is CCCC(N)c1nc(C(=O)N2CC(C)OC(C)C2)cs1. The lowest BCUT2D eigenvalue weighted by molar-refractivity contribution is -0.0587. The average molecular weight is 297 g/mol. The zero-order valence-electron chi connectivity index (χ0n) is 12.3. The first-order valence-corrected chi connectivity index (χ1v) is 8.05. The Bertz CT molecular complexity index is 453. The van der Waals surface area contributed by atoms with Crippen LogP contribution in [-0.4, -0.2) is 41.1 Å². The van der Waals surface area contributed by atoms with Gasteiger partial charge < -0.3 is 15.4 Å². The summed E-state index contributed by atoms with van der Waals surface area (Å²) in [5, 5.41) is 2.67. The van der Waals surface area contributed by atoms with Crippen LogP contribution < -0.4 is 5.73 Å². The summed E-state index contributed by atoms with van der Waals surface area (Å²) in [6, 6.07) is -0.0610. The quantitative estimate of drug-likeness (QED) is 0.925. The first kappa shape index (κ1) is 15.4. The van der Waals surface area contributed by atoms with Gasteiger partial charge in [-0.1, -0.05) is 13.3 Å². The molecule has 20 heavy (non-hydrogen) atoms. The van der Waals surface area contributed by atoms with Crippen molar-refractivity contribution >= 4 is 17.2 Å². The molecule has 1 aliphatic rings. The second-order valence-corrected chi connectivity index (χ2v) is 6.32. The molecule has 2 N–H and O–H groups in total. The van der Waals surface area contributed by atoms with E-state index in [0.29, 0.717) is 18.8 Å². The van der Waals surface area contributed by atoms with Gasteiger partial charge in [0.25, 0.3) is 5.91 Å². The average Bonchev–Trinajstić information content (AvgIpc) is 2.86. The number of carbonyl (C=O) groups excluding carboxylic acids is 1. The van der Waals surface area contributed by atoms with Crippen molar-refractivity contribution < 1.29 is 9.53 Å². The maximum atomic E-state index is 12.5. The topological polar surface area (TPSA) is 68.5 Å². The summed E-state index contributed by atoms with van der Waals surface area (Å²) in [6.07, 6.45) is 2.06. The molecule has 1 amide bonds. The summed E-state index contributed by atoms with van der Waals surface area (Å²) in [7, 11) is 0. The maximum absolute atomic E-state index is 12.5. The number of ether oxygens (including phenoxy) is 1. The third-order valence-electron chi connectivity index (χ3n) is 3.36. The van der Waals surface area contributed by atoms with Crippen molar-refractivity contribution in [2.75, 3.05) is 13.1 Å². The van der Waals surface area contributed by atoms with Gasteiger partial charge in [0.15, 0.2) is 0 Å². The lowest BCUT2D eigenvalue weighted by Crippen LogP contribution is -2.48. The first-order valence-electron chi connectivity index (χ1n) is 7.17.